The van der Waals surface area contributed by atoms with Gasteiger partial charge in [-0.1, -0.05) is 78.1 Å². The quantitative estimate of drug-likeness (QED) is 0.260. The van der Waals surface area contributed by atoms with Gasteiger partial charge in [0.15, 0.2) is 0 Å². The summed E-state index contributed by atoms with van der Waals surface area (Å²) in [6.07, 6.45) is 13.9. The Kier molecular flexibility index (Phi) is 18.4. The summed E-state index contributed by atoms with van der Waals surface area (Å²) < 4.78 is 15.1. The molecule has 0 aromatic rings. The molecule has 0 aromatic carbocycles. The molecule has 0 amide bonds. The second kappa shape index (κ2) is 19.2. The smallest absolute Gasteiger partial charge is 0.332 e. The zero-order valence-electron chi connectivity index (χ0n) is 16.4. The van der Waals surface area contributed by atoms with E-state index in [-0.39, 0.29) is 13.2 Å². The van der Waals surface area contributed by atoms with Crippen LogP contribution >= 0.6 is 0 Å². The molecule has 0 radical (unpaired) electrons. The molecular formula is C20H38O5. The van der Waals surface area contributed by atoms with Crippen molar-refractivity contribution in [2.45, 2.75) is 90.9 Å². The highest BCUT2D eigenvalue weighted by Crippen LogP contribution is 2.08. The van der Waals surface area contributed by atoms with E-state index in [4.69, 9.17) is 14.2 Å². The molecule has 0 aromatic heterocycles. The number of carbonyl (C=O) groups is 2. The van der Waals surface area contributed by atoms with Crippen molar-refractivity contribution in [3.8, 4) is 0 Å². The van der Waals surface area contributed by atoms with Gasteiger partial charge >= 0.3 is 11.9 Å². The molecule has 0 saturated heterocycles. The molecule has 5 nitrogen and oxygen atoms in total. The van der Waals surface area contributed by atoms with Crippen molar-refractivity contribution in [1.29, 1.82) is 0 Å². The second-order valence-corrected chi connectivity index (χ2v) is 6.47. The molecule has 148 valence electrons. The Morgan fingerprint density at radius 2 is 0.920 bits per heavy atom. The van der Waals surface area contributed by atoms with Crippen molar-refractivity contribution >= 4 is 11.9 Å². The third kappa shape index (κ3) is 19.1. The highest BCUT2D eigenvalue weighted by molar-refractivity contribution is 5.73. The van der Waals surface area contributed by atoms with E-state index in [0.717, 1.165) is 38.5 Å². The first-order valence-corrected chi connectivity index (χ1v) is 10.1. The van der Waals surface area contributed by atoms with Crippen LogP contribution < -0.4 is 0 Å². The molecule has 25 heavy (non-hydrogen) atoms. The van der Waals surface area contributed by atoms with Gasteiger partial charge < -0.3 is 14.2 Å². The maximum atomic E-state index is 11.5. The summed E-state index contributed by atoms with van der Waals surface area (Å²) in [6, 6.07) is 0. The van der Waals surface area contributed by atoms with Gasteiger partial charge in [0.2, 0.25) is 0 Å². The van der Waals surface area contributed by atoms with Crippen LogP contribution in [0, 0.1) is 0 Å². The van der Waals surface area contributed by atoms with E-state index >= 15 is 0 Å². The number of hydrogen-bond donors (Lipinski definition) is 0. The normalized spacial score (nSPS) is 10.6. The molecule has 0 rings (SSSR count). The zero-order chi connectivity index (χ0) is 18.6. The topological polar surface area (TPSA) is 61.8 Å². The van der Waals surface area contributed by atoms with Crippen molar-refractivity contribution in [2.24, 2.45) is 0 Å². The van der Waals surface area contributed by atoms with Crippen LogP contribution in [-0.4, -0.2) is 38.4 Å². The summed E-state index contributed by atoms with van der Waals surface area (Å²) in [6.45, 7) is 4.82. The summed E-state index contributed by atoms with van der Waals surface area (Å²) in [4.78, 5) is 22.8. The highest BCUT2D eigenvalue weighted by atomic mass is 16.6. The number of unbranched alkanes of at least 4 members (excludes halogenated alkanes) is 10. The maximum Gasteiger partial charge on any atom is 0.332 e. The Morgan fingerprint density at radius 1 is 0.560 bits per heavy atom. The van der Waals surface area contributed by atoms with E-state index in [1.54, 1.807) is 0 Å². The molecule has 0 aliphatic carbocycles. The zero-order valence-corrected chi connectivity index (χ0v) is 16.4. The number of ether oxygens (including phenoxy) is 3. The van der Waals surface area contributed by atoms with Crippen LogP contribution in [-0.2, 0) is 23.8 Å². The minimum absolute atomic E-state index is 0.193. The van der Waals surface area contributed by atoms with Crippen LogP contribution in [0.5, 0.6) is 0 Å². The predicted molar refractivity (Wildman–Crippen MR) is 99.5 cm³/mol. The summed E-state index contributed by atoms with van der Waals surface area (Å²) in [7, 11) is 0. The van der Waals surface area contributed by atoms with Crippen molar-refractivity contribution in [2.75, 3.05) is 26.4 Å². The van der Waals surface area contributed by atoms with E-state index in [1.807, 2.05) is 0 Å². The van der Waals surface area contributed by atoms with E-state index in [2.05, 4.69) is 13.8 Å². The van der Waals surface area contributed by atoms with Gasteiger partial charge in [-0.25, -0.2) is 9.59 Å². The third-order valence-electron chi connectivity index (χ3n) is 3.96. The Morgan fingerprint density at radius 3 is 1.36 bits per heavy atom. The molecule has 0 atom stereocenters. The standard InChI is InChI=1S/C20H38O5/c1-3-5-7-9-10-11-12-14-16-25-20(22)18-23-17-19(21)24-15-13-8-6-4-2/h3-18H2,1-2H3. The van der Waals surface area contributed by atoms with Gasteiger partial charge in [-0.2, -0.15) is 0 Å². The molecule has 0 bridgehead atoms. The van der Waals surface area contributed by atoms with Gasteiger partial charge in [-0.15, -0.1) is 0 Å². The SMILES string of the molecule is CCCCCCCCCCOC(=O)COCC(=O)OCCCCCC. The summed E-state index contributed by atoms with van der Waals surface area (Å²) in [5, 5.41) is 0. The molecule has 0 fully saturated rings. The fourth-order valence-electron chi connectivity index (χ4n) is 2.44. The van der Waals surface area contributed by atoms with Crippen LogP contribution in [0.1, 0.15) is 90.9 Å². The summed E-state index contributed by atoms with van der Waals surface area (Å²) in [5.41, 5.74) is 0. The largest absolute Gasteiger partial charge is 0.464 e. The molecule has 0 saturated carbocycles. The minimum Gasteiger partial charge on any atom is -0.464 e. The molecule has 0 spiro atoms. The fraction of sp³-hybridized carbons (Fsp3) is 0.900. The van der Waals surface area contributed by atoms with Gasteiger partial charge in [-0.3, -0.25) is 0 Å². The lowest BCUT2D eigenvalue weighted by atomic mass is 10.1. The monoisotopic (exact) mass is 358 g/mol. The molecule has 0 unspecified atom stereocenters. The molecule has 0 aliphatic heterocycles. The van der Waals surface area contributed by atoms with Crippen molar-refractivity contribution in [3.05, 3.63) is 0 Å². The highest BCUT2D eigenvalue weighted by Gasteiger charge is 2.07. The average molecular weight is 359 g/mol. The summed E-state index contributed by atoms with van der Waals surface area (Å²) >= 11 is 0. The second-order valence-electron chi connectivity index (χ2n) is 6.47. The summed E-state index contributed by atoms with van der Waals surface area (Å²) in [5.74, 6) is -0.842. The Hall–Kier alpha value is -1.10. The Labute approximate surface area is 153 Å². The van der Waals surface area contributed by atoms with Crippen LogP contribution in [0.2, 0.25) is 0 Å². The fourth-order valence-corrected chi connectivity index (χ4v) is 2.44. The van der Waals surface area contributed by atoms with E-state index in [0.29, 0.717) is 13.2 Å². The van der Waals surface area contributed by atoms with Crippen molar-refractivity contribution < 1.29 is 23.8 Å². The van der Waals surface area contributed by atoms with Crippen LogP contribution in [0.4, 0.5) is 0 Å². The van der Waals surface area contributed by atoms with Gasteiger partial charge in [0.1, 0.15) is 13.2 Å². The van der Waals surface area contributed by atoms with Crippen LogP contribution in [0.15, 0.2) is 0 Å². The van der Waals surface area contributed by atoms with E-state index < -0.39 is 11.9 Å². The van der Waals surface area contributed by atoms with E-state index in [9.17, 15) is 9.59 Å². The van der Waals surface area contributed by atoms with Crippen molar-refractivity contribution in [3.63, 3.8) is 0 Å². The Bertz CT molecular complexity index is 317. The third-order valence-corrected chi connectivity index (χ3v) is 3.96. The number of rotatable bonds is 18. The lowest BCUT2D eigenvalue weighted by Gasteiger charge is -2.07. The van der Waals surface area contributed by atoms with Gasteiger partial charge in [-0.05, 0) is 12.8 Å². The number of carbonyl (C=O) groups excluding carboxylic acids is 2. The first-order valence-electron chi connectivity index (χ1n) is 10.1. The molecule has 0 aliphatic rings. The lowest BCUT2D eigenvalue weighted by molar-refractivity contribution is -0.155. The number of hydrogen-bond acceptors (Lipinski definition) is 5. The average Bonchev–Trinajstić information content (AvgIpc) is 2.60. The lowest BCUT2D eigenvalue weighted by Crippen LogP contribution is -2.19. The predicted octanol–water partition coefficient (Wildman–Crippen LogP) is 4.81. The van der Waals surface area contributed by atoms with Gasteiger partial charge in [0.25, 0.3) is 0 Å². The Balaban J connectivity index is 3.31. The minimum atomic E-state index is -0.424. The maximum absolute atomic E-state index is 11.5. The number of esters is 2. The van der Waals surface area contributed by atoms with Crippen molar-refractivity contribution in [1.82, 2.24) is 0 Å². The van der Waals surface area contributed by atoms with Crippen LogP contribution in [0.25, 0.3) is 0 Å². The molecule has 0 N–H and O–H groups in total. The first-order chi connectivity index (χ1) is 12.2. The molecule has 0 heterocycles. The molecular weight excluding hydrogens is 320 g/mol. The van der Waals surface area contributed by atoms with Gasteiger partial charge in [0, 0.05) is 0 Å². The van der Waals surface area contributed by atoms with E-state index in [1.165, 1.54) is 38.5 Å². The van der Waals surface area contributed by atoms with Crippen LogP contribution in [0.3, 0.4) is 0 Å². The molecule has 5 heteroatoms. The van der Waals surface area contributed by atoms with Gasteiger partial charge in [0.05, 0.1) is 13.2 Å². The first kappa shape index (κ1) is 23.9.